The molecule has 1 aromatic carbocycles. The standard InChI is InChI=1S/C13H14N4O2S/c1-10-7-13(5-4-11(10)3-2-6-14)20(18,19)17-12-8-15-16-9-12/h4-5,7-9,17H,6,14H2,1H3,(H,15,16). The van der Waals surface area contributed by atoms with Crippen LogP contribution in [0.15, 0.2) is 35.5 Å². The van der Waals surface area contributed by atoms with E-state index < -0.39 is 10.0 Å². The monoisotopic (exact) mass is 290 g/mol. The van der Waals surface area contributed by atoms with E-state index in [2.05, 4.69) is 26.8 Å². The highest BCUT2D eigenvalue weighted by molar-refractivity contribution is 7.92. The SMILES string of the molecule is Cc1cc(S(=O)(=O)Nc2cn[nH]c2)ccc1C#CCN. The molecule has 0 fully saturated rings. The van der Waals surface area contributed by atoms with Crippen LogP contribution in [-0.4, -0.2) is 25.2 Å². The third kappa shape index (κ3) is 3.17. The predicted octanol–water partition coefficient (Wildman–Crippen LogP) is 0.829. The molecule has 1 heterocycles. The minimum Gasteiger partial charge on any atom is -0.320 e. The van der Waals surface area contributed by atoms with Gasteiger partial charge in [-0.3, -0.25) is 9.82 Å². The molecule has 0 aliphatic carbocycles. The van der Waals surface area contributed by atoms with Gasteiger partial charge in [-0.25, -0.2) is 8.42 Å². The second-order valence-electron chi connectivity index (χ2n) is 4.08. The predicted molar refractivity (Wildman–Crippen MR) is 76.5 cm³/mol. The Morgan fingerprint density at radius 1 is 1.45 bits per heavy atom. The van der Waals surface area contributed by atoms with E-state index in [9.17, 15) is 8.42 Å². The molecule has 20 heavy (non-hydrogen) atoms. The van der Waals surface area contributed by atoms with Crippen molar-refractivity contribution < 1.29 is 8.42 Å². The van der Waals surface area contributed by atoms with E-state index >= 15 is 0 Å². The number of H-pyrrole nitrogens is 1. The van der Waals surface area contributed by atoms with Crippen LogP contribution in [0.5, 0.6) is 0 Å². The summed E-state index contributed by atoms with van der Waals surface area (Å²) < 4.78 is 26.8. The molecule has 0 aliphatic rings. The average Bonchev–Trinajstić information content (AvgIpc) is 2.89. The van der Waals surface area contributed by atoms with Gasteiger partial charge in [0.1, 0.15) is 0 Å². The number of aromatic amines is 1. The molecule has 0 saturated heterocycles. The van der Waals surface area contributed by atoms with Crippen LogP contribution in [0.2, 0.25) is 0 Å². The number of nitrogens with two attached hydrogens (primary N) is 1. The van der Waals surface area contributed by atoms with Crippen molar-refractivity contribution in [2.75, 3.05) is 11.3 Å². The Labute approximate surface area is 117 Å². The molecule has 0 radical (unpaired) electrons. The van der Waals surface area contributed by atoms with Crippen LogP contribution in [0.4, 0.5) is 5.69 Å². The lowest BCUT2D eigenvalue weighted by Gasteiger charge is -2.07. The zero-order chi connectivity index (χ0) is 14.6. The second-order valence-corrected chi connectivity index (χ2v) is 5.76. The van der Waals surface area contributed by atoms with Gasteiger partial charge in [0.15, 0.2) is 0 Å². The number of rotatable bonds is 3. The molecule has 104 valence electrons. The molecule has 0 unspecified atom stereocenters. The summed E-state index contributed by atoms with van der Waals surface area (Å²) in [6, 6.07) is 4.75. The number of aromatic nitrogens is 2. The lowest BCUT2D eigenvalue weighted by Crippen LogP contribution is -2.12. The van der Waals surface area contributed by atoms with Crippen LogP contribution < -0.4 is 10.5 Å². The van der Waals surface area contributed by atoms with Crippen molar-refractivity contribution in [3.8, 4) is 11.8 Å². The number of aryl methyl sites for hydroxylation is 1. The van der Waals surface area contributed by atoms with Gasteiger partial charge >= 0.3 is 0 Å². The summed E-state index contributed by atoms with van der Waals surface area (Å²) in [5.41, 5.74) is 7.24. The molecule has 7 heteroatoms. The minimum absolute atomic E-state index is 0.175. The molecule has 2 rings (SSSR count). The smallest absolute Gasteiger partial charge is 0.262 e. The number of nitrogens with zero attached hydrogens (tertiary/aromatic N) is 1. The lowest BCUT2D eigenvalue weighted by atomic mass is 10.1. The van der Waals surface area contributed by atoms with Crippen molar-refractivity contribution in [2.24, 2.45) is 5.73 Å². The molecule has 0 saturated carbocycles. The van der Waals surface area contributed by atoms with Crippen molar-refractivity contribution in [2.45, 2.75) is 11.8 Å². The highest BCUT2D eigenvalue weighted by atomic mass is 32.2. The first-order valence-electron chi connectivity index (χ1n) is 5.84. The zero-order valence-corrected chi connectivity index (χ0v) is 11.7. The van der Waals surface area contributed by atoms with Gasteiger partial charge in [-0.2, -0.15) is 5.10 Å². The second kappa shape index (κ2) is 5.77. The Hall–Kier alpha value is -2.30. The zero-order valence-electron chi connectivity index (χ0n) is 10.8. The van der Waals surface area contributed by atoms with Crippen molar-refractivity contribution in [1.82, 2.24) is 10.2 Å². The van der Waals surface area contributed by atoms with Gasteiger partial charge in [0.2, 0.25) is 0 Å². The summed E-state index contributed by atoms with van der Waals surface area (Å²) in [4.78, 5) is 0.175. The van der Waals surface area contributed by atoms with Gasteiger partial charge in [0.25, 0.3) is 10.0 Å². The Morgan fingerprint density at radius 3 is 2.85 bits per heavy atom. The van der Waals surface area contributed by atoms with Crippen LogP contribution in [0, 0.1) is 18.8 Å². The molecule has 0 bridgehead atoms. The Kier molecular flexibility index (Phi) is 4.08. The fourth-order valence-corrected chi connectivity index (χ4v) is 2.73. The van der Waals surface area contributed by atoms with Gasteiger partial charge < -0.3 is 5.73 Å². The summed E-state index contributed by atoms with van der Waals surface area (Å²) in [6.07, 6.45) is 2.86. The molecule has 4 N–H and O–H groups in total. The summed E-state index contributed by atoms with van der Waals surface area (Å²) in [6.45, 7) is 2.07. The molecule has 1 aromatic heterocycles. The number of sulfonamides is 1. The normalized spacial score (nSPS) is 10.7. The Bertz CT molecular complexity index is 755. The molecule has 0 spiro atoms. The van der Waals surface area contributed by atoms with E-state index in [-0.39, 0.29) is 11.4 Å². The topological polar surface area (TPSA) is 101 Å². The van der Waals surface area contributed by atoms with Gasteiger partial charge in [-0.15, -0.1) is 0 Å². The van der Waals surface area contributed by atoms with E-state index in [0.717, 1.165) is 11.1 Å². The quantitative estimate of drug-likeness (QED) is 0.729. The van der Waals surface area contributed by atoms with Crippen LogP contribution in [0.1, 0.15) is 11.1 Å². The molecular weight excluding hydrogens is 276 g/mol. The van der Waals surface area contributed by atoms with Gasteiger partial charge in [-0.05, 0) is 30.7 Å². The summed E-state index contributed by atoms with van der Waals surface area (Å²) in [5.74, 6) is 5.63. The van der Waals surface area contributed by atoms with E-state index in [0.29, 0.717) is 5.69 Å². The van der Waals surface area contributed by atoms with Crippen molar-refractivity contribution in [3.05, 3.63) is 41.7 Å². The van der Waals surface area contributed by atoms with Crippen molar-refractivity contribution in [3.63, 3.8) is 0 Å². The van der Waals surface area contributed by atoms with Crippen LogP contribution in [0.25, 0.3) is 0 Å². The number of nitrogens with one attached hydrogen (secondary N) is 2. The first kappa shape index (κ1) is 14.1. The highest BCUT2D eigenvalue weighted by Crippen LogP contribution is 2.18. The molecule has 0 aliphatic heterocycles. The van der Waals surface area contributed by atoms with Crippen LogP contribution in [0.3, 0.4) is 0 Å². The number of benzene rings is 1. The summed E-state index contributed by atoms with van der Waals surface area (Å²) in [5, 5.41) is 6.22. The first-order valence-corrected chi connectivity index (χ1v) is 7.32. The Morgan fingerprint density at radius 2 is 2.25 bits per heavy atom. The van der Waals surface area contributed by atoms with Gasteiger partial charge in [-0.1, -0.05) is 11.8 Å². The Balaban J connectivity index is 2.31. The highest BCUT2D eigenvalue weighted by Gasteiger charge is 2.15. The van der Waals surface area contributed by atoms with E-state index in [1.54, 1.807) is 19.1 Å². The van der Waals surface area contributed by atoms with Gasteiger partial charge in [0, 0.05) is 11.8 Å². The lowest BCUT2D eigenvalue weighted by molar-refractivity contribution is 0.601. The maximum absolute atomic E-state index is 12.2. The van der Waals surface area contributed by atoms with Crippen molar-refractivity contribution in [1.29, 1.82) is 0 Å². The minimum atomic E-state index is -3.63. The largest absolute Gasteiger partial charge is 0.320 e. The molecule has 0 amide bonds. The maximum atomic E-state index is 12.2. The third-order valence-electron chi connectivity index (χ3n) is 2.58. The van der Waals surface area contributed by atoms with Crippen LogP contribution >= 0.6 is 0 Å². The summed E-state index contributed by atoms with van der Waals surface area (Å²) >= 11 is 0. The fourth-order valence-electron chi connectivity index (χ4n) is 1.61. The maximum Gasteiger partial charge on any atom is 0.262 e. The molecule has 6 nitrogen and oxygen atoms in total. The molecular formula is C13H14N4O2S. The van der Waals surface area contributed by atoms with Gasteiger partial charge in [0.05, 0.1) is 23.3 Å². The summed E-state index contributed by atoms with van der Waals surface area (Å²) in [7, 11) is -3.63. The van der Waals surface area contributed by atoms with E-state index in [4.69, 9.17) is 5.73 Å². The fraction of sp³-hybridized carbons (Fsp3) is 0.154. The first-order chi connectivity index (χ1) is 9.53. The average molecular weight is 290 g/mol. The molecule has 2 aromatic rings. The van der Waals surface area contributed by atoms with Crippen molar-refractivity contribution >= 4 is 15.7 Å². The third-order valence-corrected chi connectivity index (χ3v) is 3.96. The van der Waals surface area contributed by atoms with E-state index in [1.165, 1.54) is 18.5 Å². The van der Waals surface area contributed by atoms with Crippen LogP contribution in [-0.2, 0) is 10.0 Å². The van der Waals surface area contributed by atoms with E-state index in [1.807, 2.05) is 0 Å². The number of anilines is 1. The number of hydrogen-bond acceptors (Lipinski definition) is 4. The number of hydrogen-bond donors (Lipinski definition) is 3. The molecule has 0 atom stereocenters.